The lowest BCUT2D eigenvalue weighted by molar-refractivity contribution is -0.118. The summed E-state index contributed by atoms with van der Waals surface area (Å²) in [5, 5.41) is 11.1. The fraction of sp³-hybridized carbons (Fsp3) is 0.467. The Kier molecular flexibility index (Phi) is 4.88. The van der Waals surface area contributed by atoms with Gasteiger partial charge >= 0.3 is 0 Å². The summed E-state index contributed by atoms with van der Waals surface area (Å²) in [7, 11) is 4.03. The number of fused-ring (bicyclic) bond motifs is 1. The van der Waals surface area contributed by atoms with E-state index in [1.165, 1.54) is 0 Å². The predicted octanol–water partition coefficient (Wildman–Crippen LogP) is 3.08. The van der Waals surface area contributed by atoms with E-state index in [-0.39, 0.29) is 11.3 Å². The van der Waals surface area contributed by atoms with Crippen molar-refractivity contribution >= 4 is 45.2 Å². The van der Waals surface area contributed by atoms with Crippen molar-refractivity contribution in [2.75, 3.05) is 26.0 Å². The van der Waals surface area contributed by atoms with Crippen LogP contribution >= 0.6 is 22.6 Å². The molecule has 1 amide bonds. The van der Waals surface area contributed by atoms with Gasteiger partial charge in [0.25, 0.3) is 0 Å². The third-order valence-electron chi connectivity index (χ3n) is 3.18. The maximum Gasteiger partial charge on any atom is 0.226 e. The number of rotatable bonds is 5. The first-order valence-electron chi connectivity index (χ1n) is 6.86. The first-order valence-corrected chi connectivity index (χ1v) is 7.93. The maximum absolute atomic E-state index is 12.3. The average molecular weight is 400 g/mol. The predicted molar refractivity (Wildman–Crippen MR) is 94.4 cm³/mol. The largest absolute Gasteiger partial charge is 0.309 e. The summed E-state index contributed by atoms with van der Waals surface area (Å²) in [6, 6.07) is 5.92. The minimum atomic E-state index is -0.0765. The molecule has 114 valence electrons. The van der Waals surface area contributed by atoms with Crippen molar-refractivity contribution in [1.82, 2.24) is 15.1 Å². The molecule has 2 N–H and O–H groups in total. The Hall–Kier alpha value is -1.15. The number of anilines is 1. The Labute approximate surface area is 138 Å². The number of nitrogens with zero attached hydrogens (tertiary/aromatic N) is 2. The molecule has 0 aliphatic carbocycles. The van der Waals surface area contributed by atoms with Gasteiger partial charge in [-0.25, -0.2) is 0 Å². The monoisotopic (exact) mass is 400 g/mol. The smallest absolute Gasteiger partial charge is 0.226 e. The van der Waals surface area contributed by atoms with Crippen LogP contribution in [0.1, 0.15) is 20.3 Å². The summed E-state index contributed by atoms with van der Waals surface area (Å²) >= 11 is 2.25. The zero-order valence-electron chi connectivity index (χ0n) is 12.8. The molecule has 6 heteroatoms. The van der Waals surface area contributed by atoms with Crippen LogP contribution in [0.15, 0.2) is 18.2 Å². The van der Waals surface area contributed by atoms with Crippen molar-refractivity contribution in [3.63, 3.8) is 0 Å². The van der Waals surface area contributed by atoms with Crippen molar-refractivity contribution in [1.29, 1.82) is 0 Å². The summed E-state index contributed by atoms with van der Waals surface area (Å²) in [6.07, 6.45) is 0.461. The van der Waals surface area contributed by atoms with Crippen LogP contribution in [-0.2, 0) is 4.79 Å². The molecule has 0 saturated carbocycles. The van der Waals surface area contributed by atoms with E-state index in [0.717, 1.165) is 21.0 Å². The Morgan fingerprint density at radius 2 is 2.14 bits per heavy atom. The number of nitrogens with one attached hydrogen (secondary N) is 2. The molecule has 5 nitrogen and oxygen atoms in total. The standard InChI is InChI=1S/C15H21IN4O/c1-15(2,9-20(3)4)8-12(21)17-14-13-10(16)6-5-7-11(13)18-19-14/h5-7H,8-9H2,1-4H3,(H2,17,18,19,21). The van der Waals surface area contributed by atoms with Crippen LogP contribution in [0.3, 0.4) is 0 Å². The van der Waals surface area contributed by atoms with Crippen molar-refractivity contribution in [3.8, 4) is 0 Å². The number of halogens is 1. The molecule has 0 fully saturated rings. The number of hydrogen-bond donors (Lipinski definition) is 2. The normalized spacial score (nSPS) is 12.1. The Morgan fingerprint density at radius 3 is 2.81 bits per heavy atom. The molecule has 0 atom stereocenters. The molecule has 1 aromatic heterocycles. The molecule has 0 aliphatic rings. The topological polar surface area (TPSA) is 61.0 Å². The lowest BCUT2D eigenvalue weighted by atomic mass is 9.88. The zero-order valence-corrected chi connectivity index (χ0v) is 15.0. The molecular formula is C15H21IN4O. The van der Waals surface area contributed by atoms with Gasteiger partial charge < -0.3 is 10.2 Å². The van der Waals surface area contributed by atoms with Gasteiger partial charge in [-0.05, 0) is 54.2 Å². The third kappa shape index (κ3) is 4.16. The van der Waals surface area contributed by atoms with E-state index in [9.17, 15) is 4.79 Å². The number of benzene rings is 1. The van der Waals surface area contributed by atoms with E-state index in [4.69, 9.17) is 0 Å². The molecule has 0 radical (unpaired) electrons. The summed E-state index contributed by atoms with van der Waals surface area (Å²) in [5.41, 5.74) is 0.858. The first kappa shape index (κ1) is 16.2. The van der Waals surface area contributed by atoms with Crippen LogP contribution in [-0.4, -0.2) is 41.6 Å². The number of H-pyrrole nitrogens is 1. The van der Waals surface area contributed by atoms with E-state index >= 15 is 0 Å². The quantitative estimate of drug-likeness (QED) is 0.759. The molecule has 0 saturated heterocycles. The average Bonchev–Trinajstić information content (AvgIpc) is 2.70. The highest BCUT2D eigenvalue weighted by atomic mass is 127. The van der Waals surface area contributed by atoms with Crippen LogP contribution in [0.25, 0.3) is 10.9 Å². The molecule has 0 aliphatic heterocycles. The maximum atomic E-state index is 12.3. The Bertz CT molecular complexity index is 648. The van der Waals surface area contributed by atoms with Gasteiger partial charge in [-0.15, -0.1) is 0 Å². The van der Waals surface area contributed by atoms with E-state index < -0.39 is 0 Å². The number of aromatic nitrogens is 2. The van der Waals surface area contributed by atoms with E-state index in [0.29, 0.717) is 12.2 Å². The number of amides is 1. The van der Waals surface area contributed by atoms with Gasteiger partial charge in [-0.2, -0.15) is 5.10 Å². The highest BCUT2D eigenvalue weighted by Crippen LogP contribution is 2.27. The Morgan fingerprint density at radius 1 is 1.43 bits per heavy atom. The Balaban J connectivity index is 2.12. The number of carbonyl (C=O) groups excluding carboxylic acids is 1. The van der Waals surface area contributed by atoms with Gasteiger partial charge in [0.2, 0.25) is 5.91 Å². The van der Waals surface area contributed by atoms with Gasteiger partial charge in [0, 0.05) is 16.5 Å². The second kappa shape index (κ2) is 6.31. The molecule has 1 aromatic carbocycles. The van der Waals surface area contributed by atoms with Crippen LogP contribution < -0.4 is 5.32 Å². The molecule has 1 heterocycles. The van der Waals surface area contributed by atoms with Gasteiger partial charge in [-0.3, -0.25) is 9.89 Å². The van der Waals surface area contributed by atoms with E-state index in [1.54, 1.807) is 0 Å². The van der Waals surface area contributed by atoms with Crippen molar-refractivity contribution in [2.24, 2.45) is 5.41 Å². The molecule has 21 heavy (non-hydrogen) atoms. The summed E-state index contributed by atoms with van der Waals surface area (Å²) < 4.78 is 1.07. The van der Waals surface area contributed by atoms with Crippen molar-refractivity contribution in [3.05, 3.63) is 21.8 Å². The first-order chi connectivity index (χ1) is 9.78. The molecule has 0 bridgehead atoms. The van der Waals surface area contributed by atoms with Crippen molar-refractivity contribution < 1.29 is 4.79 Å². The lowest BCUT2D eigenvalue weighted by Crippen LogP contribution is -2.32. The fourth-order valence-electron chi connectivity index (χ4n) is 2.64. The minimum absolute atomic E-state index is 0.00472. The van der Waals surface area contributed by atoms with Crippen molar-refractivity contribution in [2.45, 2.75) is 20.3 Å². The summed E-state index contributed by atoms with van der Waals surface area (Å²) in [6.45, 7) is 5.05. The molecular weight excluding hydrogens is 379 g/mol. The highest BCUT2D eigenvalue weighted by Gasteiger charge is 2.23. The van der Waals surface area contributed by atoms with Crippen LogP contribution in [0.4, 0.5) is 5.82 Å². The van der Waals surface area contributed by atoms with Gasteiger partial charge in [0.05, 0.1) is 10.9 Å². The van der Waals surface area contributed by atoms with Crippen LogP contribution in [0, 0.1) is 8.99 Å². The molecule has 0 unspecified atom stereocenters. The SMILES string of the molecule is CN(C)CC(C)(C)CC(=O)Nc1n[nH]c2cccc(I)c12. The molecule has 0 spiro atoms. The number of aromatic amines is 1. The molecule has 2 aromatic rings. The summed E-state index contributed by atoms with van der Waals surface area (Å²) in [5.74, 6) is 0.607. The van der Waals surface area contributed by atoms with E-state index in [1.807, 2.05) is 32.3 Å². The van der Waals surface area contributed by atoms with Gasteiger partial charge in [0.1, 0.15) is 0 Å². The van der Waals surface area contributed by atoms with Crippen LogP contribution in [0.2, 0.25) is 0 Å². The minimum Gasteiger partial charge on any atom is -0.309 e. The zero-order chi connectivity index (χ0) is 15.6. The number of carbonyl (C=O) groups is 1. The third-order valence-corrected chi connectivity index (χ3v) is 4.08. The van der Waals surface area contributed by atoms with Gasteiger partial charge in [0.15, 0.2) is 5.82 Å². The van der Waals surface area contributed by atoms with Gasteiger partial charge in [-0.1, -0.05) is 19.9 Å². The molecule has 2 rings (SSSR count). The second-order valence-electron chi connectivity index (χ2n) is 6.36. The summed E-state index contributed by atoms with van der Waals surface area (Å²) in [4.78, 5) is 14.4. The lowest BCUT2D eigenvalue weighted by Gasteiger charge is -2.27. The fourth-order valence-corrected chi connectivity index (χ4v) is 3.40. The number of hydrogen-bond acceptors (Lipinski definition) is 3. The highest BCUT2D eigenvalue weighted by molar-refractivity contribution is 14.1. The van der Waals surface area contributed by atoms with E-state index in [2.05, 4.69) is 56.9 Å². The van der Waals surface area contributed by atoms with Crippen LogP contribution in [0.5, 0.6) is 0 Å². The second-order valence-corrected chi connectivity index (χ2v) is 7.52.